The molecule has 1 rings (SSSR count). The van der Waals surface area contributed by atoms with Crippen molar-refractivity contribution < 1.29 is 0 Å². The van der Waals surface area contributed by atoms with Crippen LogP contribution in [0.5, 0.6) is 0 Å². The third-order valence-electron chi connectivity index (χ3n) is 2.60. The predicted molar refractivity (Wildman–Crippen MR) is 45.2 cm³/mol. The molecule has 3 unspecified atom stereocenters. The van der Waals surface area contributed by atoms with Crippen LogP contribution in [-0.2, 0) is 0 Å². The lowest BCUT2D eigenvalue weighted by Gasteiger charge is -1.98. The summed E-state index contributed by atoms with van der Waals surface area (Å²) in [6.07, 6.45) is 4.05. The van der Waals surface area contributed by atoms with E-state index in [0.717, 1.165) is 12.1 Å². The Bertz CT molecular complexity index is 101. The van der Waals surface area contributed by atoms with Crippen LogP contribution in [0, 0.1) is 0 Å². The van der Waals surface area contributed by atoms with Crippen molar-refractivity contribution in [3.63, 3.8) is 0 Å². The SMILES string of the molecule is CCCCN1C(C)C1CC. The normalized spacial score (nSPS) is 38.1. The van der Waals surface area contributed by atoms with E-state index in [1.165, 1.54) is 25.8 Å². The molecule has 3 atom stereocenters. The molecule has 0 spiro atoms. The van der Waals surface area contributed by atoms with Gasteiger partial charge in [0, 0.05) is 12.1 Å². The highest BCUT2D eigenvalue weighted by molar-refractivity contribution is 4.97. The maximum absolute atomic E-state index is 2.60. The van der Waals surface area contributed by atoms with Gasteiger partial charge in [-0.1, -0.05) is 20.3 Å². The first kappa shape index (κ1) is 8.06. The second-order valence-electron chi connectivity index (χ2n) is 3.31. The van der Waals surface area contributed by atoms with E-state index in [0.29, 0.717) is 0 Å². The van der Waals surface area contributed by atoms with Crippen LogP contribution in [0.4, 0.5) is 0 Å². The van der Waals surface area contributed by atoms with Gasteiger partial charge in [0.1, 0.15) is 0 Å². The van der Waals surface area contributed by atoms with Crippen LogP contribution in [-0.4, -0.2) is 23.5 Å². The van der Waals surface area contributed by atoms with Gasteiger partial charge < -0.3 is 0 Å². The molecule has 10 heavy (non-hydrogen) atoms. The summed E-state index contributed by atoms with van der Waals surface area (Å²) in [6, 6.07) is 1.81. The van der Waals surface area contributed by atoms with E-state index in [4.69, 9.17) is 0 Å². The average Bonchev–Trinajstić information content (AvgIpc) is 2.56. The molecule has 0 aromatic rings. The van der Waals surface area contributed by atoms with Crippen LogP contribution in [0.1, 0.15) is 40.0 Å². The molecule has 1 nitrogen and oxygen atoms in total. The van der Waals surface area contributed by atoms with E-state index in [2.05, 4.69) is 25.7 Å². The number of hydrogen-bond acceptors (Lipinski definition) is 1. The first-order valence-corrected chi connectivity index (χ1v) is 4.57. The first-order valence-electron chi connectivity index (χ1n) is 4.57. The van der Waals surface area contributed by atoms with E-state index in [-0.39, 0.29) is 0 Å². The van der Waals surface area contributed by atoms with Crippen molar-refractivity contribution >= 4 is 0 Å². The summed E-state index contributed by atoms with van der Waals surface area (Å²) in [5.74, 6) is 0. The monoisotopic (exact) mass is 141 g/mol. The Morgan fingerprint density at radius 2 is 2.00 bits per heavy atom. The van der Waals surface area contributed by atoms with Gasteiger partial charge in [-0.05, 0) is 26.3 Å². The van der Waals surface area contributed by atoms with Crippen molar-refractivity contribution in [1.29, 1.82) is 0 Å². The molecular weight excluding hydrogens is 122 g/mol. The van der Waals surface area contributed by atoms with Crippen molar-refractivity contribution in [3.05, 3.63) is 0 Å². The summed E-state index contributed by atoms with van der Waals surface area (Å²) in [6.45, 7) is 8.21. The minimum Gasteiger partial charge on any atom is -0.295 e. The second kappa shape index (κ2) is 3.38. The molecule has 0 aromatic carbocycles. The molecule has 1 heterocycles. The summed E-state index contributed by atoms with van der Waals surface area (Å²) in [5.41, 5.74) is 0. The van der Waals surface area contributed by atoms with Gasteiger partial charge in [0.15, 0.2) is 0 Å². The molecule has 0 aliphatic carbocycles. The van der Waals surface area contributed by atoms with Gasteiger partial charge in [0.05, 0.1) is 0 Å². The summed E-state index contributed by atoms with van der Waals surface area (Å²) in [7, 11) is 0. The molecular formula is C9H19N. The zero-order valence-corrected chi connectivity index (χ0v) is 7.43. The first-order chi connectivity index (χ1) is 4.81. The maximum atomic E-state index is 2.60. The lowest BCUT2D eigenvalue weighted by Crippen LogP contribution is -2.03. The van der Waals surface area contributed by atoms with E-state index in [1.54, 1.807) is 0 Å². The largest absolute Gasteiger partial charge is 0.295 e. The fraction of sp³-hybridized carbons (Fsp3) is 1.00. The van der Waals surface area contributed by atoms with Gasteiger partial charge in [0.25, 0.3) is 0 Å². The van der Waals surface area contributed by atoms with Gasteiger partial charge in [0.2, 0.25) is 0 Å². The van der Waals surface area contributed by atoms with Crippen LogP contribution in [0.25, 0.3) is 0 Å². The molecule has 0 saturated carbocycles. The fourth-order valence-corrected chi connectivity index (χ4v) is 1.77. The van der Waals surface area contributed by atoms with Crippen molar-refractivity contribution in [3.8, 4) is 0 Å². The summed E-state index contributed by atoms with van der Waals surface area (Å²) < 4.78 is 0. The predicted octanol–water partition coefficient (Wildman–Crippen LogP) is 2.27. The van der Waals surface area contributed by atoms with Crippen molar-refractivity contribution in [2.75, 3.05) is 6.54 Å². The minimum absolute atomic E-state index is 0.886. The number of hydrogen-bond donors (Lipinski definition) is 0. The van der Waals surface area contributed by atoms with Gasteiger partial charge in [-0.3, -0.25) is 4.90 Å². The molecule has 1 aliphatic rings. The van der Waals surface area contributed by atoms with Gasteiger partial charge in [-0.2, -0.15) is 0 Å². The Balaban J connectivity index is 2.09. The Kier molecular flexibility index (Phi) is 2.72. The molecule has 0 aromatic heterocycles. The van der Waals surface area contributed by atoms with Gasteiger partial charge in [-0.25, -0.2) is 0 Å². The summed E-state index contributed by atoms with van der Waals surface area (Å²) in [5, 5.41) is 0. The highest BCUT2D eigenvalue weighted by Crippen LogP contribution is 2.30. The van der Waals surface area contributed by atoms with Gasteiger partial charge >= 0.3 is 0 Å². The third-order valence-corrected chi connectivity index (χ3v) is 2.60. The number of rotatable bonds is 4. The van der Waals surface area contributed by atoms with E-state index in [9.17, 15) is 0 Å². The molecule has 60 valence electrons. The third kappa shape index (κ3) is 1.51. The van der Waals surface area contributed by atoms with E-state index < -0.39 is 0 Å². The smallest absolute Gasteiger partial charge is 0.0249 e. The fourth-order valence-electron chi connectivity index (χ4n) is 1.77. The van der Waals surface area contributed by atoms with Crippen LogP contribution >= 0.6 is 0 Å². The van der Waals surface area contributed by atoms with Crippen LogP contribution in [0.2, 0.25) is 0 Å². The lowest BCUT2D eigenvalue weighted by atomic mass is 10.3. The van der Waals surface area contributed by atoms with Crippen molar-refractivity contribution in [2.45, 2.75) is 52.1 Å². The van der Waals surface area contributed by atoms with Crippen molar-refractivity contribution in [2.24, 2.45) is 0 Å². The molecule has 1 fully saturated rings. The quantitative estimate of drug-likeness (QED) is 0.543. The molecule has 0 amide bonds. The maximum Gasteiger partial charge on any atom is 0.0249 e. The Hall–Kier alpha value is -0.0400. The summed E-state index contributed by atoms with van der Waals surface area (Å²) >= 11 is 0. The minimum atomic E-state index is 0.886. The number of unbranched alkanes of at least 4 members (excludes halogenated alkanes) is 1. The van der Waals surface area contributed by atoms with Crippen molar-refractivity contribution in [1.82, 2.24) is 4.90 Å². The van der Waals surface area contributed by atoms with E-state index >= 15 is 0 Å². The standard InChI is InChI=1S/C9H19N/c1-4-6-7-10-8(3)9(10)5-2/h8-9H,4-7H2,1-3H3. The molecule has 1 heteroatoms. The topological polar surface area (TPSA) is 3.01 Å². The molecule has 0 bridgehead atoms. The zero-order valence-electron chi connectivity index (χ0n) is 7.43. The highest BCUT2D eigenvalue weighted by Gasteiger charge is 2.40. The average molecular weight is 141 g/mol. The Labute approximate surface area is 64.4 Å². The lowest BCUT2D eigenvalue weighted by molar-refractivity contribution is 0.463. The molecule has 1 aliphatic heterocycles. The summed E-state index contributed by atoms with van der Waals surface area (Å²) in [4.78, 5) is 2.60. The van der Waals surface area contributed by atoms with Crippen LogP contribution in [0.3, 0.4) is 0 Å². The zero-order chi connectivity index (χ0) is 7.56. The Morgan fingerprint density at radius 1 is 1.30 bits per heavy atom. The molecule has 1 saturated heterocycles. The van der Waals surface area contributed by atoms with Gasteiger partial charge in [-0.15, -0.1) is 0 Å². The van der Waals surface area contributed by atoms with E-state index in [1.807, 2.05) is 0 Å². The van der Waals surface area contributed by atoms with Crippen LogP contribution < -0.4 is 0 Å². The van der Waals surface area contributed by atoms with Crippen LogP contribution in [0.15, 0.2) is 0 Å². The molecule has 0 N–H and O–H groups in total. The number of nitrogens with zero attached hydrogens (tertiary/aromatic N) is 1. The second-order valence-corrected chi connectivity index (χ2v) is 3.31. The highest BCUT2D eigenvalue weighted by atomic mass is 15.3. The molecule has 0 radical (unpaired) electrons. The Morgan fingerprint density at radius 3 is 2.40 bits per heavy atom.